The molecule has 0 saturated heterocycles. The summed E-state index contributed by atoms with van der Waals surface area (Å²) in [6.07, 6.45) is 1.99. The van der Waals surface area contributed by atoms with E-state index in [4.69, 9.17) is 23.4 Å². The van der Waals surface area contributed by atoms with Crippen LogP contribution < -0.4 is 19.5 Å². The van der Waals surface area contributed by atoms with Gasteiger partial charge in [-0.3, -0.25) is 4.79 Å². The van der Waals surface area contributed by atoms with E-state index in [1.54, 1.807) is 6.20 Å². The average Bonchev–Trinajstić information content (AvgIpc) is 3.31. The molecule has 1 aromatic heterocycles. The van der Waals surface area contributed by atoms with E-state index in [0.717, 1.165) is 11.3 Å². The number of benzene rings is 2. The van der Waals surface area contributed by atoms with Gasteiger partial charge in [-0.15, -0.1) is 0 Å². The Morgan fingerprint density at radius 3 is 2.36 bits per heavy atom. The van der Waals surface area contributed by atoms with Crippen LogP contribution in [0.5, 0.6) is 17.2 Å². The normalized spacial score (nSPS) is 10.4. The summed E-state index contributed by atoms with van der Waals surface area (Å²) in [4.78, 5) is 29.0. The third-order valence-electron chi connectivity index (χ3n) is 4.77. The number of carbonyl (C=O) groups excluding carboxylic acids is 2. The molecule has 1 amide bonds. The molecule has 0 spiro atoms. The monoisotopic (exact) mass is 454 g/mol. The minimum Gasteiger partial charge on any atom is -0.494 e. The molecular formula is C24H26N2O7. The lowest BCUT2D eigenvalue weighted by atomic mass is 10.1. The van der Waals surface area contributed by atoms with E-state index >= 15 is 0 Å². The predicted molar refractivity (Wildman–Crippen MR) is 121 cm³/mol. The number of anilines is 1. The Morgan fingerprint density at radius 2 is 1.73 bits per heavy atom. The van der Waals surface area contributed by atoms with Gasteiger partial charge < -0.3 is 28.7 Å². The van der Waals surface area contributed by atoms with Gasteiger partial charge in [0.25, 0.3) is 0 Å². The number of hydrogen-bond donors (Lipinski definition) is 1. The van der Waals surface area contributed by atoms with Gasteiger partial charge in [-0.2, -0.15) is 0 Å². The summed E-state index contributed by atoms with van der Waals surface area (Å²) in [5, 5.41) is 2.72. The van der Waals surface area contributed by atoms with Crippen LogP contribution >= 0.6 is 0 Å². The number of amides is 1. The molecule has 0 fully saturated rings. The van der Waals surface area contributed by atoms with Gasteiger partial charge in [0.15, 0.2) is 23.1 Å². The second kappa shape index (κ2) is 11.0. The summed E-state index contributed by atoms with van der Waals surface area (Å²) >= 11 is 0. The fourth-order valence-corrected chi connectivity index (χ4v) is 3.14. The highest BCUT2D eigenvalue weighted by Gasteiger charge is 2.19. The molecule has 33 heavy (non-hydrogen) atoms. The second-order valence-corrected chi connectivity index (χ2v) is 6.87. The van der Waals surface area contributed by atoms with E-state index in [2.05, 4.69) is 10.3 Å². The lowest BCUT2D eigenvalue weighted by Crippen LogP contribution is -2.16. The molecule has 0 atom stereocenters. The quantitative estimate of drug-likeness (QED) is 0.456. The highest BCUT2D eigenvalue weighted by Crippen LogP contribution is 2.34. The lowest BCUT2D eigenvalue weighted by molar-refractivity contribution is -0.116. The average molecular weight is 454 g/mol. The van der Waals surface area contributed by atoms with Crippen molar-refractivity contribution in [2.45, 2.75) is 19.8 Å². The number of oxazole rings is 1. The van der Waals surface area contributed by atoms with Crippen molar-refractivity contribution < 1.29 is 33.0 Å². The van der Waals surface area contributed by atoms with E-state index in [-0.39, 0.29) is 30.0 Å². The number of aromatic nitrogens is 1. The van der Waals surface area contributed by atoms with Crippen molar-refractivity contribution >= 4 is 17.6 Å². The first-order valence-electron chi connectivity index (χ1n) is 10.3. The molecule has 3 rings (SSSR count). The number of esters is 1. The molecule has 0 bridgehead atoms. The zero-order chi connectivity index (χ0) is 23.8. The molecule has 3 aromatic rings. The Kier molecular flexibility index (Phi) is 7.91. The standard InChI is InChI=1S/C24H26N2O7/c1-5-32-16-8-6-15(7-9-16)21-14-25-23(33-21)11-10-22(27)26-18-13-20(30-3)19(29-2)12-17(18)24(28)31-4/h6-9,12-14H,5,10-11H2,1-4H3,(H,26,27). The summed E-state index contributed by atoms with van der Waals surface area (Å²) in [6, 6.07) is 10.4. The SMILES string of the molecule is CCOc1ccc(-c2cnc(CCC(=O)Nc3cc(OC)c(OC)cc3C(=O)OC)o2)cc1. The molecule has 0 saturated carbocycles. The number of rotatable bonds is 10. The molecule has 1 N–H and O–H groups in total. The van der Waals surface area contributed by atoms with Crippen LogP contribution in [0.2, 0.25) is 0 Å². The van der Waals surface area contributed by atoms with Crippen LogP contribution in [0, 0.1) is 0 Å². The highest BCUT2D eigenvalue weighted by molar-refractivity contribution is 6.02. The van der Waals surface area contributed by atoms with E-state index < -0.39 is 5.97 Å². The first-order valence-corrected chi connectivity index (χ1v) is 10.3. The third kappa shape index (κ3) is 5.82. The first-order chi connectivity index (χ1) is 16.0. The Hall–Kier alpha value is -4.01. The Balaban J connectivity index is 1.67. The third-order valence-corrected chi connectivity index (χ3v) is 4.77. The van der Waals surface area contributed by atoms with Crippen molar-refractivity contribution in [3.05, 3.63) is 54.0 Å². The van der Waals surface area contributed by atoms with Gasteiger partial charge in [0, 0.05) is 30.5 Å². The fourth-order valence-electron chi connectivity index (χ4n) is 3.14. The van der Waals surface area contributed by atoms with Crippen molar-refractivity contribution in [3.8, 4) is 28.6 Å². The molecule has 0 aliphatic carbocycles. The van der Waals surface area contributed by atoms with Crippen LogP contribution in [0.4, 0.5) is 5.69 Å². The van der Waals surface area contributed by atoms with Crippen molar-refractivity contribution in [2.75, 3.05) is 33.3 Å². The zero-order valence-corrected chi connectivity index (χ0v) is 19.0. The summed E-state index contributed by atoms with van der Waals surface area (Å²) in [5.41, 5.74) is 1.26. The summed E-state index contributed by atoms with van der Waals surface area (Å²) in [5.74, 6) is 1.58. The van der Waals surface area contributed by atoms with Gasteiger partial charge in [-0.25, -0.2) is 9.78 Å². The van der Waals surface area contributed by atoms with Crippen LogP contribution in [0.25, 0.3) is 11.3 Å². The Morgan fingerprint density at radius 1 is 1.03 bits per heavy atom. The van der Waals surface area contributed by atoms with Crippen LogP contribution in [-0.2, 0) is 16.0 Å². The van der Waals surface area contributed by atoms with Gasteiger partial charge >= 0.3 is 5.97 Å². The van der Waals surface area contributed by atoms with Crippen molar-refractivity contribution in [1.82, 2.24) is 4.98 Å². The van der Waals surface area contributed by atoms with Crippen LogP contribution in [0.15, 0.2) is 47.0 Å². The molecule has 2 aromatic carbocycles. The van der Waals surface area contributed by atoms with E-state index in [1.165, 1.54) is 33.5 Å². The topological polar surface area (TPSA) is 109 Å². The maximum Gasteiger partial charge on any atom is 0.340 e. The maximum absolute atomic E-state index is 12.6. The number of ether oxygens (including phenoxy) is 4. The van der Waals surface area contributed by atoms with Crippen LogP contribution in [0.3, 0.4) is 0 Å². The van der Waals surface area contributed by atoms with E-state index in [9.17, 15) is 9.59 Å². The van der Waals surface area contributed by atoms with Crippen molar-refractivity contribution in [2.24, 2.45) is 0 Å². The summed E-state index contributed by atoms with van der Waals surface area (Å²) in [7, 11) is 4.18. The molecule has 0 aliphatic rings. The van der Waals surface area contributed by atoms with Gasteiger partial charge in [0.1, 0.15) is 5.75 Å². The van der Waals surface area contributed by atoms with Gasteiger partial charge in [0.05, 0.1) is 45.4 Å². The van der Waals surface area contributed by atoms with Crippen molar-refractivity contribution in [3.63, 3.8) is 0 Å². The number of methoxy groups -OCH3 is 3. The van der Waals surface area contributed by atoms with Gasteiger partial charge in [-0.05, 0) is 31.2 Å². The van der Waals surface area contributed by atoms with Crippen LogP contribution in [0.1, 0.15) is 29.6 Å². The maximum atomic E-state index is 12.6. The minimum absolute atomic E-state index is 0.0954. The Bertz CT molecular complexity index is 1110. The number of hydrogen-bond acceptors (Lipinski definition) is 8. The molecule has 9 heteroatoms. The van der Waals surface area contributed by atoms with Gasteiger partial charge in [-0.1, -0.05) is 0 Å². The number of nitrogens with one attached hydrogen (secondary N) is 1. The van der Waals surface area contributed by atoms with Crippen molar-refractivity contribution in [1.29, 1.82) is 0 Å². The highest BCUT2D eigenvalue weighted by atomic mass is 16.5. The molecule has 1 heterocycles. The van der Waals surface area contributed by atoms with Crippen LogP contribution in [-0.4, -0.2) is 44.8 Å². The summed E-state index contributed by atoms with van der Waals surface area (Å²) < 4.78 is 26.5. The van der Waals surface area contributed by atoms with E-state index in [1.807, 2.05) is 31.2 Å². The fraction of sp³-hybridized carbons (Fsp3) is 0.292. The number of nitrogens with zero attached hydrogens (tertiary/aromatic N) is 1. The summed E-state index contributed by atoms with van der Waals surface area (Å²) in [6.45, 7) is 2.52. The largest absolute Gasteiger partial charge is 0.494 e. The molecule has 0 aliphatic heterocycles. The number of carbonyl (C=O) groups is 2. The minimum atomic E-state index is -0.612. The molecular weight excluding hydrogens is 428 g/mol. The van der Waals surface area contributed by atoms with E-state index in [0.29, 0.717) is 29.8 Å². The predicted octanol–water partition coefficient (Wildman–Crippen LogP) is 4.12. The lowest BCUT2D eigenvalue weighted by Gasteiger charge is -2.14. The van der Waals surface area contributed by atoms with Gasteiger partial charge in [0.2, 0.25) is 5.91 Å². The smallest absolute Gasteiger partial charge is 0.340 e. The molecule has 0 unspecified atom stereocenters. The Labute approximate surface area is 191 Å². The molecule has 174 valence electrons. The molecule has 9 nitrogen and oxygen atoms in total. The second-order valence-electron chi connectivity index (χ2n) is 6.87. The first kappa shape index (κ1) is 23.6. The number of aryl methyl sites for hydroxylation is 1. The zero-order valence-electron chi connectivity index (χ0n) is 19.0. The molecule has 0 radical (unpaired) electrons.